The molecule has 0 saturated heterocycles. The second kappa shape index (κ2) is 86.6. The summed E-state index contributed by atoms with van der Waals surface area (Å²) in [4.78, 5) is 0. The molecule has 0 fully saturated rings. The molecule has 0 aromatic heterocycles. The van der Waals surface area contributed by atoms with E-state index in [1.165, 1.54) is 0 Å². The normalized spacial score (nSPS) is 0. The molecule has 0 spiro atoms. The SMILES string of the molecule is O.O.O.[Rh]. The van der Waals surface area contributed by atoms with E-state index in [1.54, 1.807) is 0 Å². The van der Waals surface area contributed by atoms with E-state index in [4.69, 9.17) is 0 Å². The maximum atomic E-state index is 0. The maximum Gasteiger partial charge on any atom is 0 e. The molecule has 33 valence electrons. The van der Waals surface area contributed by atoms with Gasteiger partial charge in [-0.2, -0.15) is 0 Å². The predicted molar refractivity (Wildman–Crippen MR) is 10.8 cm³/mol. The van der Waals surface area contributed by atoms with Crippen LogP contribution in [0.5, 0.6) is 0 Å². The molecule has 4 heavy (non-hydrogen) atoms. The zero-order valence-corrected chi connectivity index (χ0v) is 3.47. The van der Waals surface area contributed by atoms with Crippen LogP contribution in [0.3, 0.4) is 0 Å². The summed E-state index contributed by atoms with van der Waals surface area (Å²) in [7, 11) is 0. The van der Waals surface area contributed by atoms with Crippen LogP contribution in [0.1, 0.15) is 0 Å². The number of hydrogen-bond donors (Lipinski definition) is 0. The topological polar surface area (TPSA) is 94.5 Å². The van der Waals surface area contributed by atoms with Crippen LogP contribution in [-0.2, 0) is 19.5 Å². The van der Waals surface area contributed by atoms with Crippen molar-refractivity contribution in [2.24, 2.45) is 0 Å². The minimum Gasteiger partial charge on any atom is -0.412 e. The minimum atomic E-state index is 0. The van der Waals surface area contributed by atoms with E-state index in [2.05, 4.69) is 0 Å². The van der Waals surface area contributed by atoms with Crippen molar-refractivity contribution in [2.45, 2.75) is 0 Å². The molecule has 0 aliphatic rings. The molecule has 4 heteroatoms. The number of hydrogen-bond acceptors (Lipinski definition) is 0. The molecule has 3 nitrogen and oxygen atoms in total. The zero-order chi connectivity index (χ0) is 0. The van der Waals surface area contributed by atoms with Crippen molar-refractivity contribution in [3.63, 3.8) is 0 Å². The largest absolute Gasteiger partial charge is 0.412 e. The third-order valence-electron chi connectivity index (χ3n) is 0. The standard InChI is InChI=1S/3H2O.Rh/h3*1H2;. The summed E-state index contributed by atoms with van der Waals surface area (Å²) in [6.07, 6.45) is 0. The molecule has 0 rings (SSSR count). The van der Waals surface area contributed by atoms with Crippen LogP contribution in [0, 0.1) is 0 Å². The van der Waals surface area contributed by atoms with E-state index in [9.17, 15) is 0 Å². The van der Waals surface area contributed by atoms with E-state index in [0.29, 0.717) is 0 Å². The van der Waals surface area contributed by atoms with Gasteiger partial charge in [-0.15, -0.1) is 0 Å². The fourth-order valence-corrected chi connectivity index (χ4v) is 0. The summed E-state index contributed by atoms with van der Waals surface area (Å²) in [6.45, 7) is 0. The van der Waals surface area contributed by atoms with Crippen LogP contribution in [0.2, 0.25) is 0 Å². The van der Waals surface area contributed by atoms with Crippen LogP contribution in [0.25, 0.3) is 0 Å². The van der Waals surface area contributed by atoms with Crippen molar-refractivity contribution in [2.75, 3.05) is 0 Å². The molecule has 0 unspecified atom stereocenters. The average molecular weight is 157 g/mol. The summed E-state index contributed by atoms with van der Waals surface area (Å²) in [5.74, 6) is 0. The molecule has 1 radical (unpaired) electrons. The van der Waals surface area contributed by atoms with Crippen LogP contribution in [0.15, 0.2) is 0 Å². The van der Waals surface area contributed by atoms with Gasteiger partial charge >= 0.3 is 0 Å². The van der Waals surface area contributed by atoms with Crippen molar-refractivity contribution in [1.82, 2.24) is 0 Å². The van der Waals surface area contributed by atoms with E-state index in [0.717, 1.165) is 0 Å². The first-order chi connectivity index (χ1) is 0. The quantitative estimate of drug-likeness (QED) is 0.348. The Bertz CT molecular complexity index is 3.25. The van der Waals surface area contributed by atoms with E-state index in [-0.39, 0.29) is 35.9 Å². The molecular weight excluding hydrogens is 151 g/mol. The Hall–Kier alpha value is 0.503. The molecule has 0 saturated carbocycles. The summed E-state index contributed by atoms with van der Waals surface area (Å²) < 4.78 is 0. The maximum absolute atomic E-state index is 0. The van der Waals surface area contributed by atoms with Crippen LogP contribution < -0.4 is 0 Å². The van der Waals surface area contributed by atoms with Gasteiger partial charge in [-0.25, -0.2) is 0 Å². The summed E-state index contributed by atoms with van der Waals surface area (Å²) in [5.41, 5.74) is 0. The van der Waals surface area contributed by atoms with Gasteiger partial charge in [0.15, 0.2) is 0 Å². The van der Waals surface area contributed by atoms with E-state index < -0.39 is 0 Å². The van der Waals surface area contributed by atoms with Gasteiger partial charge in [-0.05, 0) is 0 Å². The van der Waals surface area contributed by atoms with Gasteiger partial charge in [0.1, 0.15) is 0 Å². The molecular formula is H6O3Rh. The van der Waals surface area contributed by atoms with E-state index >= 15 is 0 Å². The number of rotatable bonds is 0. The third-order valence-corrected chi connectivity index (χ3v) is 0. The molecule has 0 aromatic rings. The molecule has 0 bridgehead atoms. The van der Waals surface area contributed by atoms with Gasteiger partial charge in [-0.3, -0.25) is 0 Å². The molecule has 0 aliphatic heterocycles. The monoisotopic (exact) mass is 157 g/mol. The molecule has 6 N–H and O–H groups in total. The van der Waals surface area contributed by atoms with Crippen molar-refractivity contribution in [3.05, 3.63) is 0 Å². The van der Waals surface area contributed by atoms with Crippen molar-refractivity contribution < 1.29 is 35.9 Å². The fourth-order valence-electron chi connectivity index (χ4n) is 0. The minimum absolute atomic E-state index is 0. The molecule has 0 aliphatic carbocycles. The van der Waals surface area contributed by atoms with Crippen LogP contribution in [-0.4, -0.2) is 16.4 Å². The Labute approximate surface area is 36.7 Å². The third kappa shape index (κ3) is 22.3. The molecule has 0 atom stereocenters. The van der Waals surface area contributed by atoms with Crippen molar-refractivity contribution in [1.29, 1.82) is 0 Å². The van der Waals surface area contributed by atoms with Gasteiger partial charge in [0.05, 0.1) is 0 Å². The summed E-state index contributed by atoms with van der Waals surface area (Å²) >= 11 is 0. The molecule has 0 amide bonds. The Morgan fingerprint density at radius 2 is 0.500 bits per heavy atom. The predicted octanol–water partition coefficient (Wildman–Crippen LogP) is -2.48. The van der Waals surface area contributed by atoms with Gasteiger partial charge in [-0.1, -0.05) is 0 Å². The summed E-state index contributed by atoms with van der Waals surface area (Å²) in [5, 5.41) is 0. The first-order valence-corrected chi connectivity index (χ1v) is 0. The Morgan fingerprint density at radius 1 is 0.500 bits per heavy atom. The smallest absolute Gasteiger partial charge is 0 e. The van der Waals surface area contributed by atoms with Gasteiger partial charge in [0.2, 0.25) is 0 Å². The fraction of sp³-hybridized carbons (Fsp3) is 0. The average Bonchev–Trinajstić information content (AvgIpc) is 0. The second-order valence-electron chi connectivity index (χ2n) is 0. The van der Waals surface area contributed by atoms with E-state index in [1.807, 2.05) is 0 Å². The van der Waals surface area contributed by atoms with Crippen molar-refractivity contribution in [3.8, 4) is 0 Å². The zero-order valence-electron chi connectivity index (χ0n) is 1.83. The second-order valence-corrected chi connectivity index (χ2v) is 0. The first-order valence-electron chi connectivity index (χ1n) is 0. The Morgan fingerprint density at radius 3 is 0.500 bits per heavy atom. The molecule has 0 heterocycles. The van der Waals surface area contributed by atoms with Crippen molar-refractivity contribution >= 4 is 0 Å². The summed E-state index contributed by atoms with van der Waals surface area (Å²) in [6, 6.07) is 0. The van der Waals surface area contributed by atoms with Crippen LogP contribution >= 0.6 is 0 Å². The Balaban J connectivity index is 0. The first kappa shape index (κ1) is 218. The molecule has 0 aromatic carbocycles. The van der Waals surface area contributed by atoms with Crippen LogP contribution in [0.4, 0.5) is 0 Å². The van der Waals surface area contributed by atoms with Gasteiger partial charge < -0.3 is 16.4 Å². The Kier molecular flexibility index (Phi) is 4730. The van der Waals surface area contributed by atoms with Gasteiger partial charge in [0.25, 0.3) is 0 Å². The van der Waals surface area contributed by atoms with Gasteiger partial charge in [0, 0.05) is 19.5 Å².